The molecule has 3 aromatic rings. The molecule has 0 unspecified atom stereocenters. The Labute approximate surface area is 129 Å². The van der Waals surface area contributed by atoms with Crippen LogP contribution in [0.2, 0.25) is 5.02 Å². The lowest BCUT2D eigenvalue weighted by Crippen LogP contribution is -1.90. The molecule has 0 aliphatic heterocycles. The zero-order chi connectivity index (χ0) is 15.5. The molecule has 0 spiro atoms. The van der Waals surface area contributed by atoms with E-state index in [1.54, 1.807) is 24.3 Å². The van der Waals surface area contributed by atoms with Gasteiger partial charge in [0.05, 0.1) is 9.95 Å². The summed E-state index contributed by atoms with van der Waals surface area (Å²) in [6.07, 6.45) is 1.23. The number of hydrogen-bond donors (Lipinski definition) is 0. The third-order valence-electron chi connectivity index (χ3n) is 2.80. The Morgan fingerprint density at radius 2 is 2.09 bits per heavy atom. The summed E-state index contributed by atoms with van der Waals surface area (Å²) in [4.78, 5) is 10.2. The van der Waals surface area contributed by atoms with Crippen molar-refractivity contribution in [3.8, 4) is 23.0 Å². The summed E-state index contributed by atoms with van der Waals surface area (Å²) < 4.78 is 10.7. The Hall–Kier alpha value is -2.93. The highest BCUT2D eigenvalue weighted by molar-refractivity contribution is 6.32. The molecule has 0 saturated carbocycles. The number of nitro benzene ring substituents is 1. The Bertz CT molecular complexity index is 821. The first kappa shape index (κ1) is 14.0. The molecule has 1 aromatic heterocycles. The molecule has 2 aromatic carbocycles. The molecule has 0 bridgehead atoms. The molecule has 0 aliphatic carbocycles. The fraction of sp³-hybridized carbons (Fsp3) is 0. The predicted molar refractivity (Wildman–Crippen MR) is 77.9 cm³/mol. The first-order chi connectivity index (χ1) is 10.6. The summed E-state index contributed by atoms with van der Waals surface area (Å²) in [6.45, 7) is 0. The quantitative estimate of drug-likeness (QED) is 0.531. The van der Waals surface area contributed by atoms with E-state index in [2.05, 4.69) is 10.2 Å². The second-order valence-corrected chi connectivity index (χ2v) is 4.65. The molecular formula is C14H8ClN3O4. The molecular weight excluding hydrogens is 310 g/mol. The molecule has 8 heteroatoms. The van der Waals surface area contributed by atoms with Gasteiger partial charge >= 0.3 is 0 Å². The van der Waals surface area contributed by atoms with E-state index in [4.69, 9.17) is 20.8 Å². The first-order valence-corrected chi connectivity index (χ1v) is 6.49. The Morgan fingerprint density at radius 3 is 2.77 bits per heavy atom. The summed E-state index contributed by atoms with van der Waals surface area (Å²) in [5.74, 6) is 1.17. The van der Waals surface area contributed by atoms with Crippen molar-refractivity contribution in [2.24, 2.45) is 0 Å². The SMILES string of the molecule is O=[N+]([O-])c1ccc(Oc2cccc(-c3nnco3)c2)c(Cl)c1. The molecule has 0 saturated heterocycles. The second-order valence-electron chi connectivity index (χ2n) is 4.25. The number of hydrogen-bond acceptors (Lipinski definition) is 6. The Kier molecular flexibility index (Phi) is 3.71. The minimum Gasteiger partial charge on any atom is -0.456 e. The number of aromatic nitrogens is 2. The van der Waals surface area contributed by atoms with Crippen LogP contribution in [0.1, 0.15) is 0 Å². The number of nitrogens with zero attached hydrogens (tertiary/aromatic N) is 3. The molecule has 0 fully saturated rings. The number of non-ortho nitro benzene ring substituents is 1. The molecule has 7 nitrogen and oxygen atoms in total. The van der Waals surface area contributed by atoms with Gasteiger partial charge in [-0.05, 0) is 24.3 Å². The molecule has 0 radical (unpaired) electrons. The summed E-state index contributed by atoms with van der Waals surface area (Å²) in [7, 11) is 0. The number of nitro groups is 1. The lowest BCUT2D eigenvalue weighted by Gasteiger charge is -2.08. The van der Waals surface area contributed by atoms with E-state index in [0.29, 0.717) is 23.0 Å². The molecule has 3 rings (SSSR count). The van der Waals surface area contributed by atoms with Crippen LogP contribution >= 0.6 is 11.6 Å². The molecule has 22 heavy (non-hydrogen) atoms. The van der Waals surface area contributed by atoms with Gasteiger partial charge in [-0.25, -0.2) is 0 Å². The predicted octanol–water partition coefficient (Wildman–Crippen LogP) is 4.09. The van der Waals surface area contributed by atoms with Gasteiger partial charge in [0.25, 0.3) is 5.69 Å². The molecule has 110 valence electrons. The van der Waals surface area contributed by atoms with E-state index in [0.717, 1.165) is 0 Å². The maximum atomic E-state index is 10.7. The van der Waals surface area contributed by atoms with Crippen molar-refractivity contribution in [3.63, 3.8) is 0 Å². The van der Waals surface area contributed by atoms with Crippen molar-refractivity contribution in [1.29, 1.82) is 0 Å². The zero-order valence-corrected chi connectivity index (χ0v) is 11.7. The van der Waals surface area contributed by atoms with Crippen LogP contribution < -0.4 is 4.74 Å². The molecule has 1 heterocycles. The van der Waals surface area contributed by atoms with E-state index in [1.165, 1.54) is 24.6 Å². The lowest BCUT2D eigenvalue weighted by atomic mass is 10.2. The van der Waals surface area contributed by atoms with Gasteiger partial charge in [-0.1, -0.05) is 17.7 Å². The third kappa shape index (κ3) is 2.89. The van der Waals surface area contributed by atoms with Crippen LogP contribution in [0.3, 0.4) is 0 Å². The Morgan fingerprint density at radius 1 is 1.23 bits per heavy atom. The maximum Gasteiger partial charge on any atom is 0.271 e. The van der Waals surface area contributed by atoms with Gasteiger partial charge in [0.15, 0.2) is 0 Å². The van der Waals surface area contributed by atoms with Gasteiger partial charge in [-0.15, -0.1) is 10.2 Å². The normalized spacial score (nSPS) is 10.4. The van der Waals surface area contributed by atoms with E-state index in [1.807, 2.05) is 0 Å². The summed E-state index contributed by atoms with van der Waals surface area (Å²) in [6, 6.07) is 11.0. The maximum absolute atomic E-state index is 10.7. The highest BCUT2D eigenvalue weighted by Crippen LogP contribution is 2.33. The fourth-order valence-corrected chi connectivity index (χ4v) is 2.02. The van der Waals surface area contributed by atoms with Gasteiger partial charge in [-0.2, -0.15) is 0 Å². The Balaban J connectivity index is 1.87. The van der Waals surface area contributed by atoms with Gasteiger partial charge in [0.2, 0.25) is 12.3 Å². The van der Waals surface area contributed by atoms with Gasteiger partial charge in [0, 0.05) is 17.7 Å². The van der Waals surface area contributed by atoms with Gasteiger partial charge in [-0.3, -0.25) is 10.1 Å². The zero-order valence-electron chi connectivity index (χ0n) is 11.0. The lowest BCUT2D eigenvalue weighted by molar-refractivity contribution is -0.384. The second kappa shape index (κ2) is 5.82. The fourth-order valence-electron chi connectivity index (χ4n) is 1.80. The summed E-state index contributed by atoms with van der Waals surface area (Å²) in [5.41, 5.74) is 0.588. The van der Waals surface area contributed by atoms with Gasteiger partial charge < -0.3 is 9.15 Å². The monoisotopic (exact) mass is 317 g/mol. The van der Waals surface area contributed by atoms with Crippen molar-refractivity contribution >= 4 is 17.3 Å². The van der Waals surface area contributed by atoms with E-state index >= 15 is 0 Å². The van der Waals surface area contributed by atoms with Crippen molar-refractivity contribution < 1.29 is 14.1 Å². The van der Waals surface area contributed by atoms with Crippen LogP contribution in [0.4, 0.5) is 5.69 Å². The van der Waals surface area contributed by atoms with E-state index in [9.17, 15) is 10.1 Å². The largest absolute Gasteiger partial charge is 0.456 e. The van der Waals surface area contributed by atoms with Crippen molar-refractivity contribution in [1.82, 2.24) is 10.2 Å². The number of halogens is 1. The topological polar surface area (TPSA) is 91.3 Å². The average Bonchev–Trinajstić information content (AvgIpc) is 3.04. The highest BCUT2D eigenvalue weighted by atomic mass is 35.5. The van der Waals surface area contributed by atoms with Crippen molar-refractivity contribution in [2.75, 3.05) is 0 Å². The van der Waals surface area contributed by atoms with Crippen LogP contribution in [0.25, 0.3) is 11.5 Å². The first-order valence-electron chi connectivity index (χ1n) is 6.12. The smallest absolute Gasteiger partial charge is 0.271 e. The van der Waals surface area contributed by atoms with Crippen molar-refractivity contribution in [2.45, 2.75) is 0 Å². The highest BCUT2D eigenvalue weighted by Gasteiger charge is 2.12. The molecule has 0 amide bonds. The number of ether oxygens (including phenoxy) is 1. The summed E-state index contributed by atoms with van der Waals surface area (Å²) in [5, 5.41) is 18.3. The number of benzene rings is 2. The van der Waals surface area contributed by atoms with Crippen molar-refractivity contribution in [3.05, 3.63) is 64.0 Å². The van der Waals surface area contributed by atoms with Crippen LogP contribution in [-0.2, 0) is 0 Å². The molecule has 0 N–H and O–H groups in total. The van der Waals surface area contributed by atoms with E-state index in [-0.39, 0.29) is 10.7 Å². The van der Waals surface area contributed by atoms with Crippen LogP contribution in [0, 0.1) is 10.1 Å². The van der Waals surface area contributed by atoms with Crippen LogP contribution in [0.5, 0.6) is 11.5 Å². The van der Waals surface area contributed by atoms with Gasteiger partial charge in [0.1, 0.15) is 11.5 Å². The minimum absolute atomic E-state index is 0.100. The average molecular weight is 318 g/mol. The summed E-state index contributed by atoms with van der Waals surface area (Å²) >= 11 is 5.99. The standard InChI is InChI=1S/C14H8ClN3O4/c15-12-7-10(18(19)20)4-5-13(12)22-11-3-1-2-9(6-11)14-17-16-8-21-14/h1-8H. The van der Waals surface area contributed by atoms with Crippen LogP contribution in [0.15, 0.2) is 53.3 Å². The molecule has 0 aliphatic rings. The van der Waals surface area contributed by atoms with E-state index < -0.39 is 4.92 Å². The van der Waals surface area contributed by atoms with Crippen LogP contribution in [-0.4, -0.2) is 15.1 Å². The minimum atomic E-state index is -0.522. The number of rotatable bonds is 4. The molecule has 0 atom stereocenters. The third-order valence-corrected chi connectivity index (χ3v) is 3.09.